The van der Waals surface area contributed by atoms with Crippen LogP contribution in [0.2, 0.25) is 0 Å². The molecule has 3 nitrogen and oxygen atoms in total. The Morgan fingerprint density at radius 1 is 1.67 bits per heavy atom. The molecule has 0 aliphatic heterocycles. The van der Waals surface area contributed by atoms with Gasteiger partial charge in [-0.25, -0.2) is 0 Å². The van der Waals surface area contributed by atoms with Crippen LogP contribution in [0.3, 0.4) is 0 Å². The summed E-state index contributed by atoms with van der Waals surface area (Å²) in [6.45, 7) is 0. The number of thioether (sulfide) groups is 1. The molecule has 1 aromatic heterocycles. The molecule has 64 valence electrons. The number of carboxylic acids is 1. The van der Waals surface area contributed by atoms with Gasteiger partial charge in [-0.3, -0.25) is 0 Å². The number of carbonyl (C=O) groups is 1. The van der Waals surface area contributed by atoms with Gasteiger partial charge in [-0.05, 0) is 6.26 Å². The Morgan fingerprint density at radius 3 is 2.83 bits per heavy atom. The van der Waals surface area contributed by atoms with Gasteiger partial charge in [0, 0.05) is 17.7 Å². The second-order valence-electron chi connectivity index (χ2n) is 2.36. The van der Waals surface area contributed by atoms with Crippen molar-refractivity contribution in [2.24, 2.45) is 7.05 Å². The monoisotopic (exact) mass is 183 g/mol. The van der Waals surface area contributed by atoms with Crippen molar-refractivity contribution >= 4 is 17.7 Å². The van der Waals surface area contributed by atoms with Crippen LogP contribution < -0.4 is 9.67 Å². The Labute approximate surface area is 75.0 Å². The number of carbonyl (C=O) groups excluding carboxylic acids is 1. The van der Waals surface area contributed by atoms with Gasteiger partial charge >= 0.3 is 0 Å². The lowest BCUT2D eigenvalue weighted by atomic mass is 10.3. The van der Waals surface area contributed by atoms with Crippen LogP contribution in [0.5, 0.6) is 0 Å². The van der Waals surface area contributed by atoms with E-state index in [0.717, 1.165) is 5.03 Å². The lowest BCUT2D eigenvalue weighted by Gasteiger charge is -2.01. The highest BCUT2D eigenvalue weighted by molar-refractivity contribution is 7.98. The Hall–Kier alpha value is -1.03. The SMILES string of the molecule is CSc1cc(C(=O)[O-])cc[n+]1C. The van der Waals surface area contributed by atoms with Crippen molar-refractivity contribution in [1.29, 1.82) is 0 Å². The van der Waals surface area contributed by atoms with Crippen LogP contribution >= 0.6 is 11.8 Å². The number of rotatable bonds is 2. The minimum absolute atomic E-state index is 0.220. The van der Waals surface area contributed by atoms with Gasteiger partial charge in [-0.2, -0.15) is 4.57 Å². The van der Waals surface area contributed by atoms with E-state index < -0.39 is 5.97 Å². The summed E-state index contributed by atoms with van der Waals surface area (Å²) in [4.78, 5) is 10.5. The third-order valence-corrected chi connectivity index (χ3v) is 2.37. The molecule has 0 atom stereocenters. The van der Waals surface area contributed by atoms with Gasteiger partial charge in [0.25, 0.3) is 0 Å². The third kappa shape index (κ3) is 1.76. The summed E-state index contributed by atoms with van der Waals surface area (Å²) in [5.41, 5.74) is 0.220. The van der Waals surface area contributed by atoms with E-state index in [-0.39, 0.29) is 5.56 Å². The fraction of sp³-hybridized carbons (Fsp3) is 0.250. The smallest absolute Gasteiger partial charge is 0.240 e. The molecule has 0 unspecified atom stereocenters. The van der Waals surface area contributed by atoms with Crippen molar-refractivity contribution in [3.05, 3.63) is 23.9 Å². The van der Waals surface area contributed by atoms with E-state index in [0.29, 0.717) is 0 Å². The molecule has 12 heavy (non-hydrogen) atoms. The van der Waals surface area contributed by atoms with E-state index in [9.17, 15) is 9.90 Å². The zero-order valence-electron chi connectivity index (χ0n) is 6.90. The molecule has 0 amide bonds. The first-order chi connectivity index (χ1) is 5.65. The summed E-state index contributed by atoms with van der Waals surface area (Å²) >= 11 is 1.50. The van der Waals surface area contributed by atoms with Crippen LogP contribution in [-0.4, -0.2) is 12.2 Å². The molecule has 0 N–H and O–H groups in total. The second-order valence-corrected chi connectivity index (χ2v) is 3.18. The molecule has 1 rings (SSSR count). The molecular weight excluding hydrogens is 174 g/mol. The number of aromatic carboxylic acids is 1. The topological polar surface area (TPSA) is 44.0 Å². The number of pyridine rings is 1. The van der Waals surface area contributed by atoms with Crippen LogP contribution in [-0.2, 0) is 7.05 Å². The third-order valence-electron chi connectivity index (χ3n) is 1.55. The van der Waals surface area contributed by atoms with Gasteiger partial charge in [0.15, 0.2) is 6.20 Å². The van der Waals surface area contributed by atoms with Crippen molar-refractivity contribution in [1.82, 2.24) is 0 Å². The molecule has 0 radical (unpaired) electrons. The highest BCUT2D eigenvalue weighted by atomic mass is 32.2. The number of nitrogens with zero attached hydrogens (tertiary/aromatic N) is 1. The first kappa shape index (κ1) is 9.06. The molecule has 0 saturated heterocycles. The number of carboxylic acid groups (broad SMARTS) is 1. The first-order valence-corrected chi connectivity index (χ1v) is 4.62. The predicted molar refractivity (Wildman–Crippen MR) is 43.7 cm³/mol. The normalized spacial score (nSPS) is 9.83. The summed E-state index contributed by atoms with van der Waals surface area (Å²) < 4.78 is 1.86. The Morgan fingerprint density at radius 2 is 2.33 bits per heavy atom. The van der Waals surface area contributed by atoms with Crippen molar-refractivity contribution in [3.8, 4) is 0 Å². The average molecular weight is 183 g/mol. The second kappa shape index (κ2) is 3.58. The van der Waals surface area contributed by atoms with E-state index in [1.165, 1.54) is 17.8 Å². The van der Waals surface area contributed by atoms with Gasteiger partial charge in [0.05, 0.1) is 5.97 Å². The number of aromatic nitrogens is 1. The molecule has 0 spiro atoms. The van der Waals surface area contributed by atoms with Gasteiger partial charge in [0.1, 0.15) is 7.05 Å². The van der Waals surface area contributed by atoms with Gasteiger partial charge < -0.3 is 9.90 Å². The maximum Gasteiger partial charge on any atom is 0.240 e. The Balaban J connectivity index is 3.13. The molecule has 1 aromatic rings. The summed E-state index contributed by atoms with van der Waals surface area (Å²) in [7, 11) is 1.87. The Kier molecular flexibility index (Phi) is 2.70. The van der Waals surface area contributed by atoms with E-state index in [4.69, 9.17) is 0 Å². The fourth-order valence-corrected chi connectivity index (χ4v) is 1.47. The summed E-state index contributed by atoms with van der Waals surface area (Å²) in [6.07, 6.45) is 3.60. The van der Waals surface area contributed by atoms with Crippen LogP contribution in [0.1, 0.15) is 10.4 Å². The molecule has 0 aliphatic carbocycles. The van der Waals surface area contributed by atoms with Crippen LogP contribution in [0.15, 0.2) is 23.4 Å². The standard InChI is InChI=1S/C8H9NO2S/c1-9-4-3-6(8(10)11)5-7(9)12-2/h3-5H,1-2H3. The fourth-order valence-electron chi connectivity index (χ4n) is 0.878. The number of hydrogen-bond donors (Lipinski definition) is 0. The molecule has 0 bridgehead atoms. The summed E-state index contributed by atoms with van der Waals surface area (Å²) in [5.74, 6) is -1.13. The van der Waals surface area contributed by atoms with E-state index in [2.05, 4.69) is 0 Å². The van der Waals surface area contributed by atoms with Crippen molar-refractivity contribution in [3.63, 3.8) is 0 Å². The minimum Gasteiger partial charge on any atom is -0.545 e. The van der Waals surface area contributed by atoms with Gasteiger partial charge in [-0.1, -0.05) is 11.8 Å². The lowest BCUT2D eigenvalue weighted by molar-refractivity contribution is -0.708. The molecule has 0 aromatic carbocycles. The largest absolute Gasteiger partial charge is 0.545 e. The van der Waals surface area contributed by atoms with Crippen molar-refractivity contribution in [2.75, 3.05) is 6.26 Å². The van der Waals surface area contributed by atoms with Gasteiger partial charge in [0.2, 0.25) is 5.03 Å². The molecule has 4 heteroatoms. The quantitative estimate of drug-likeness (QED) is 0.463. The van der Waals surface area contributed by atoms with Crippen LogP contribution in [0.4, 0.5) is 0 Å². The average Bonchev–Trinajstić information content (AvgIpc) is 2.05. The van der Waals surface area contributed by atoms with E-state index >= 15 is 0 Å². The van der Waals surface area contributed by atoms with E-state index in [1.807, 2.05) is 17.9 Å². The van der Waals surface area contributed by atoms with Crippen molar-refractivity contribution in [2.45, 2.75) is 5.03 Å². The highest BCUT2D eigenvalue weighted by Crippen LogP contribution is 2.09. The summed E-state index contributed by atoms with van der Waals surface area (Å²) in [6, 6.07) is 3.12. The predicted octanol–water partition coefficient (Wildman–Crippen LogP) is -0.404. The van der Waals surface area contributed by atoms with Crippen LogP contribution in [0.25, 0.3) is 0 Å². The zero-order valence-corrected chi connectivity index (χ0v) is 7.72. The lowest BCUT2D eigenvalue weighted by Crippen LogP contribution is -2.32. The number of aryl methyl sites for hydroxylation is 1. The van der Waals surface area contributed by atoms with E-state index in [1.54, 1.807) is 12.3 Å². The zero-order chi connectivity index (χ0) is 9.14. The maximum atomic E-state index is 10.5. The summed E-state index contributed by atoms with van der Waals surface area (Å²) in [5, 5.41) is 11.4. The molecular formula is C8H9NO2S. The number of hydrogen-bond acceptors (Lipinski definition) is 3. The Bertz CT molecular complexity index is 312. The van der Waals surface area contributed by atoms with Crippen molar-refractivity contribution < 1.29 is 14.5 Å². The molecule has 0 aliphatic rings. The minimum atomic E-state index is -1.13. The molecule has 0 saturated carbocycles. The molecule has 1 heterocycles. The van der Waals surface area contributed by atoms with Gasteiger partial charge in [-0.15, -0.1) is 0 Å². The van der Waals surface area contributed by atoms with Crippen LogP contribution in [0, 0.1) is 0 Å². The highest BCUT2D eigenvalue weighted by Gasteiger charge is 2.05. The maximum absolute atomic E-state index is 10.5. The molecule has 0 fully saturated rings. The first-order valence-electron chi connectivity index (χ1n) is 3.40.